The number of halogens is 4. The van der Waals surface area contributed by atoms with Gasteiger partial charge in [-0.1, -0.05) is 0 Å². The van der Waals surface area contributed by atoms with Crippen molar-refractivity contribution in [3.63, 3.8) is 0 Å². The van der Waals surface area contributed by atoms with Gasteiger partial charge in [-0.05, 0) is 42.5 Å². The van der Waals surface area contributed by atoms with Crippen LogP contribution in [0.15, 0.2) is 47.4 Å². The van der Waals surface area contributed by atoms with E-state index in [1.54, 1.807) is 0 Å². The van der Waals surface area contributed by atoms with Crippen LogP contribution in [0.3, 0.4) is 0 Å². The summed E-state index contributed by atoms with van der Waals surface area (Å²) in [6.07, 6.45) is -4.60. The lowest BCUT2D eigenvalue weighted by Crippen LogP contribution is -2.15. The molecule has 0 aromatic heterocycles. The van der Waals surface area contributed by atoms with Crippen LogP contribution < -0.4 is 10.0 Å². The first-order valence-electron chi connectivity index (χ1n) is 6.76. The van der Waals surface area contributed by atoms with Crippen molar-refractivity contribution < 1.29 is 30.8 Å². The van der Waals surface area contributed by atoms with E-state index in [0.717, 1.165) is 24.3 Å². The van der Waals surface area contributed by atoms with Crippen LogP contribution in [0.25, 0.3) is 0 Å². The van der Waals surface area contributed by atoms with Gasteiger partial charge in [-0.15, -0.1) is 0 Å². The van der Waals surface area contributed by atoms with Crippen LogP contribution in [0.4, 0.5) is 28.9 Å². The Morgan fingerprint density at radius 2 is 1.64 bits per heavy atom. The largest absolute Gasteiger partial charge is 0.416 e. The molecule has 0 aliphatic heterocycles. The molecule has 0 atom stereocenters. The van der Waals surface area contributed by atoms with Crippen LogP contribution >= 0.6 is 0 Å². The zero-order valence-corrected chi connectivity index (χ0v) is 13.5. The second-order valence-corrected chi connectivity index (χ2v) is 6.69. The molecule has 134 valence electrons. The van der Waals surface area contributed by atoms with Gasteiger partial charge in [0.1, 0.15) is 5.82 Å². The molecule has 0 radical (unpaired) electrons. The number of anilines is 2. The molecule has 0 unspecified atom stereocenters. The van der Waals surface area contributed by atoms with E-state index in [1.807, 2.05) is 4.72 Å². The van der Waals surface area contributed by atoms with Gasteiger partial charge in [-0.25, -0.2) is 12.8 Å². The molecule has 0 aliphatic rings. The summed E-state index contributed by atoms with van der Waals surface area (Å²) in [5.74, 6) is -1.35. The van der Waals surface area contributed by atoms with E-state index in [0.29, 0.717) is 12.1 Å². The van der Waals surface area contributed by atoms with E-state index >= 15 is 0 Å². The zero-order valence-electron chi connectivity index (χ0n) is 12.7. The van der Waals surface area contributed by atoms with Gasteiger partial charge in [0.05, 0.1) is 16.1 Å². The van der Waals surface area contributed by atoms with E-state index in [-0.39, 0.29) is 5.69 Å². The van der Waals surface area contributed by atoms with Crippen LogP contribution in [0.1, 0.15) is 12.5 Å². The number of hydrogen-bond donors (Lipinski definition) is 2. The van der Waals surface area contributed by atoms with E-state index < -0.39 is 44.1 Å². The summed E-state index contributed by atoms with van der Waals surface area (Å²) in [5, 5.41) is 2.36. The van der Waals surface area contributed by atoms with E-state index in [4.69, 9.17) is 0 Å². The lowest BCUT2D eigenvalue weighted by Gasteiger charge is -2.12. The highest BCUT2D eigenvalue weighted by Crippen LogP contribution is 2.30. The maximum absolute atomic E-state index is 13.8. The van der Waals surface area contributed by atoms with Gasteiger partial charge in [0, 0.05) is 12.6 Å². The number of amides is 1. The first-order chi connectivity index (χ1) is 11.5. The van der Waals surface area contributed by atoms with Crippen molar-refractivity contribution in [2.24, 2.45) is 0 Å². The van der Waals surface area contributed by atoms with Crippen LogP contribution in [-0.4, -0.2) is 14.3 Å². The number of nitrogens with one attached hydrogen (secondary N) is 2. The van der Waals surface area contributed by atoms with E-state index in [1.165, 1.54) is 13.0 Å². The Kier molecular flexibility index (Phi) is 5.02. The van der Waals surface area contributed by atoms with Crippen LogP contribution in [0.2, 0.25) is 0 Å². The average molecular weight is 376 g/mol. The number of alkyl halides is 3. The van der Waals surface area contributed by atoms with Crippen LogP contribution in [0.5, 0.6) is 0 Å². The summed E-state index contributed by atoms with van der Waals surface area (Å²) in [6.45, 7) is 1.22. The van der Waals surface area contributed by atoms with Gasteiger partial charge in [-0.2, -0.15) is 13.2 Å². The molecule has 0 heterocycles. The monoisotopic (exact) mass is 376 g/mol. The number of sulfonamides is 1. The van der Waals surface area contributed by atoms with Gasteiger partial charge in [0.25, 0.3) is 10.0 Å². The molecule has 0 saturated heterocycles. The van der Waals surface area contributed by atoms with E-state index in [2.05, 4.69) is 5.32 Å². The molecule has 0 bridgehead atoms. The molecule has 0 fully saturated rings. The minimum Gasteiger partial charge on any atom is -0.326 e. The fraction of sp³-hybridized carbons (Fsp3) is 0.133. The number of carbonyl (C=O) groups excluding carboxylic acids is 1. The summed E-state index contributed by atoms with van der Waals surface area (Å²) in [7, 11) is -4.31. The smallest absolute Gasteiger partial charge is 0.326 e. The highest BCUT2D eigenvalue weighted by atomic mass is 32.2. The Morgan fingerprint density at radius 1 is 1.04 bits per heavy atom. The normalized spacial score (nSPS) is 11.9. The standard InChI is InChI=1S/C15H12F4N2O3S/c1-9(22)20-11-4-7-13(16)14(8-11)21-25(23,24)12-5-2-10(3-6-12)15(17,18)19/h2-8,21H,1H3,(H,20,22). The first-order valence-corrected chi connectivity index (χ1v) is 8.24. The topological polar surface area (TPSA) is 75.3 Å². The number of benzene rings is 2. The van der Waals surface area contributed by atoms with Crippen molar-refractivity contribution in [1.29, 1.82) is 0 Å². The highest BCUT2D eigenvalue weighted by Gasteiger charge is 2.30. The van der Waals surface area contributed by atoms with Crippen LogP contribution in [-0.2, 0) is 21.0 Å². The molecule has 2 rings (SSSR count). The van der Waals surface area contributed by atoms with E-state index in [9.17, 15) is 30.8 Å². The Morgan fingerprint density at radius 3 is 2.16 bits per heavy atom. The van der Waals surface area contributed by atoms with Crippen molar-refractivity contribution >= 4 is 27.3 Å². The molecular weight excluding hydrogens is 364 g/mol. The van der Waals surface area contributed by atoms with Gasteiger partial charge in [-0.3, -0.25) is 9.52 Å². The van der Waals surface area contributed by atoms with Crippen LogP contribution in [0, 0.1) is 5.82 Å². The summed E-state index contributed by atoms with van der Waals surface area (Å²) >= 11 is 0. The lowest BCUT2D eigenvalue weighted by molar-refractivity contribution is -0.137. The third-order valence-corrected chi connectivity index (χ3v) is 4.40. The third kappa shape index (κ3) is 4.69. The molecule has 1 amide bonds. The first kappa shape index (κ1) is 18.7. The fourth-order valence-corrected chi connectivity index (χ4v) is 2.97. The Bertz CT molecular complexity index is 894. The average Bonchev–Trinajstić information content (AvgIpc) is 2.49. The predicted molar refractivity (Wildman–Crippen MR) is 83.0 cm³/mol. The summed E-state index contributed by atoms with van der Waals surface area (Å²) in [4.78, 5) is 10.5. The molecule has 5 nitrogen and oxygen atoms in total. The SMILES string of the molecule is CC(=O)Nc1ccc(F)c(NS(=O)(=O)c2ccc(C(F)(F)F)cc2)c1. The Balaban J connectivity index is 2.31. The van der Waals surface area contributed by atoms with Gasteiger partial charge in [0.2, 0.25) is 5.91 Å². The number of hydrogen-bond acceptors (Lipinski definition) is 3. The van der Waals surface area contributed by atoms with Gasteiger partial charge >= 0.3 is 6.18 Å². The number of carbonyl (C=O) groups is 1. The summed E-state index contributed by atoms with van der Waals surface area (Å²) in [5.41, 5.74) is -1.31. The minimum atomic E-state index is -4.60. The maximum Gasteiger partial charge on any atom is 0.416 e. The van der Waals surface area contributed by atoms with Gasteiger partial charge < -0.3 is 5.32 Å². The fourth-order valence-electron chi connectivity index (χ4n) is 1.91. The zero-order chi connectivity index (χ0) is 18.8. The summed E-state index contributed by atoms with van der Waals surface area (Å²) in [6, 6.07) is 5.97. The van der Waals surface area contributed by atoms with Crippen molar-refractivity contribution in [2.45, 2.75) is 18.0 Å². The van der Waals surface area contributed by atoms with Crippen molar-refractivity contribution in [3.8, 4) is 0 Å². The molecular formula is C15H12F4N2O3S. The number of rotatable bonds is 4. The second-order valence-electron chi connectivity index (χ2n) is 5.00. The minimum absolute atomic E-state index is 0.152. The molecule has 25 heavy (non-hydrogen) atoms. The maximum atomic E-state index is 13.8. The van der Waals surface area contributed by atoms with Crippen molar-refractivity contribution in [1.82, 2.24) is 0 Å². The Labute approximate surface area is 140 Å². The molecule has 2 aromatic carbocycles. The summed E-state index contributed by atoms with van der Waals surface area (Å²) < 4.78 is 77.7. The molecule has 2 aromatic rings. The predicted octanol–water partition coefficient (Wildman–Crippen LogP) is 3.60. The Hall–Kier alpha value is -2.62. The molecule has 0 aliphatic carbocycles. The second kappa shape index (κ2) is 6.71. The molecule has 10 heteroatoms. The molecule has 0 spiro atoms. The highest BCUT2D eigenvalue weighted by molar-refractivity contribution is 7.92. The van der Waals surface area contributed by atoms with Gasteiger partial charge in [0.15, 0.2) is 0 Å². The molecule has 0 saturated carbocycles. The van der Waals surface area contributed by atoms with Crippen molar-refractivity contribution in [3.05, 3.63) is 53.8 Å². The quantitative estimate of drug-likeness (QED) is 0.801. The third-order valence-electron chi connectivity index (χ3n) is 3.02. The lowest BCUT2D eigenvalue weighted by atomic mass is 10.2. The molecule has 2 N–H and O–H groups in total. The van der Waals surface area contributed by atoms with Crippen molar-refractivity contribution in [2.75, 3.05) is 10.0 Å².